The van der Waals surface area contributed by atoms with Gasteiger partial charge in [-0.1, -0.05) is 28.3 Å². The van der Waals surface area contributed by atoms with Crippen LogP contribution >= 0.6 is 23.1 Å². The number of carboxylic acid groups (broad SMARTS) is 1. The first-order valence-corrected chi connectivity index (χ1v) is 5.86. The Bertz CT molecular complexity index is 509. The smallest absolute Gasteiger partial charge is 0.358 e. The van der Waals surface area contributed by atoms with E-state index in [4.69, 9.17) is 15.4 Å². The van der Waals surface area contributed by atoms with Gasteiger partial charge in [-0.2, -0.15) is 0 Å². The van der Waals surface area contributed by atoms with Crippen LogP contribution in [-0.4, -0.2) is 26.4 Å². The molecule has 84 valence electrons. The molecule has 0 radical (unpaired) electrons. The molecule has 0 atom stereocenters. The lowest BCUT2D eigenvalue weighted by molar-refractivity contribution is 0.0685. The molecule has 7 nitrogen and oxygen atoms in total. The van der Waals surface area contributed by atoms with Gasteiger partial charge in [-0.05, 0) is 0 Å². The highest BCUT2D eigenvalue weighted by atomic mass is 32.2. The molecule has 0 saturated carbocycles. The Balaban J connectivity index is 1.97. The Morgan fingerprint density at radius 1 is 1.62 bits per heavy atom. The van der Waals surface area contributed by atoms with Crippen molar-refractivity contribution in [3.05, 3.63) is 17.5 Å². The van der Waals surface area contributed by atoms with Crippen LogP contribution in [0.3, 0.4) is 0 Å². The fraction of sp³-hybridized carbons (Fsp3) is 0.143. The molecular formula is C7H6N4O3S2. The maximum atomic E-state index is 10.5. The number of nitrogens with zero attached hydrogens (tertiary/aromatic N) is 3. The molecule has 3 N–H and O–H groups in total. The number of anilines is 1. The van der Waals surface area contributed by atoms with E-state index in [1.807, 2.05) is 0 Å². The van der Waals surface area contributed by atoms with Crippen LogP contribution in [-0.2, 0) is 5.75 Å². The predicted octanol–water partition coefficient (Wildman–Crippen LogP) is 1.10. The number of hydrogen-bond donors (Lipinski definition) is 2. The van der Waals surface area contributed by atoms with Crippen molar-refractivity contribution in [2.75, 3.05) is 5.73 Å². The third kappa shape index (κ3) is 2.49. The lowest BCUT2D eigenvalue weighted by Crippen LogP contribution is -1.94. The molecular weight excluding hydrogens is 252 g/mol. The van der Waals surface area contributed by atoms with Crippen LogP contribution in [0.5, 0.6) is 0 Å². The molecule has 0 bridgehead atoms. The molecule has 0 aliphatic carbocycles. The zero-order valence-electron chi connectivity index (χ0n) is 7.78. The van der Waals surface area contributed by atoms with Crippen LogP contribution in [0.25, 0.3) is 0 Å². The van der Waals surface area contributed by atoms with Gasteiger partial charge in [-0.25, -0.2) is 4.79 Å². The topological polar surface area (TPSA) is 115 Å². The number of aromatic nitrogens is 3. The number of thioether (sulfide) groups is 1. The average Bonchev–Trinajstić information content (AvgIpc) is 2.83. The fourth-order valence-electron chi connectivity index (χ4n) is 0.893. The fourth-order valence-corrected chi connectivity index (χ4v) is 2.40. The first-order valence-electron chi connectivity index (χ1n) is 4.06. The number of carboxylic acids is 1. The first-order chi connectivity index (χ1) is 7.65. The van der Waals surface area contributed by atoms with Crippen LogP contribution in [0, 0.1) is 0 Å². The van der Waals surface area contributed by atoms with E-state index in [2.05, 4.69) is 15.4 Å². The quantitative estimate of drug-likeness (QED) is 0.783. The maximum Gasteiger partial charge on any atom is 0.358 e. The number of rotatable bonds is 4. The Kier molecular flexibility index (Phi) is 3.06. The van der Waals surface area contributed by atoms with Crippen molar-refractivity contribution in [3.63, 3.8) is 0 Å². The summed E-state index contributed by atoms with van der Waals surface area (Å²) in [6.45, 7) is 0. The minimum Gasteiger partial charge on any atom is -0.476 e. The maximum absolute atomic E-state index is 10.5. The van der Waals surface area contributed by atoms with Crippen molar-refractivity contribution >= 4 is 34.2 Å². The van der Waals surface area contributed by atoms with Gasteiger partial charge in [-0.3, -0.25) is 0 Å². The Morgan fingerprint density at radius 3 is 3.00 bits per heavy atom. The highest BCUT2D eigenvalue weighted by molar-refractivity contribution is 8.00. The molecule has 0 saturated heterocycles. The summed E-state index contributed by atoms with van der Waals surface area (Å²) in [5.41, 5.74) is 5.31. The zero-order chi connectivity index (χ0) is 11.5. The minimum absolute atomic E-state index is 0.104. The SMILES string of the molecule is Nc1nnc(SCc2cc(C(=O)O)no2)s1. The molecule has 2 aromatic rings. The molecule has 0 fully saturated rings. The van der Waals surface area contributed by atoms with E-state index in [-0.39, 0.29) is 5.69 Å². The summed E-state index contributed by atoms with van der Waals surface area (Å²) in [7, 11) is 0. The molecule has 16 heavy (non-hydrogen) atoms. The summed E-state index contributed by atoms with van der Waals surface area (Å²) in [6.07, 6.45) is 0. The Morgan fingerprint density at radius 2 is 2.44 bits per heavy atom. The second-order valence-corrected chi connectivity index (χ2v) is 4.91. The third-order valence-electron chi connectivity index (χ3n) is 1.54. The highest BCUT2D eigenvalue weighted by Crippen LogP contribution is 2.26. The average molecular weight is 258 g/mol. The van der Waals surface area contributed by atoms with Gasteiger partial charge in [0.25, 0.3) is 0 Å². The van der Waals surface area contributed by atoms with Gasteiger partial charge in [0, 0.05) is 6.07 Å². The molecule has 0 aromatic carbocycles. The molecule has 0 unspecified atom stereocenters. The summed E-state index contributed by atoms with van der Waals surface area (Å²) in [5, 5.41) is 19.9. The second-order valence-electron chi connectivity index (χ2n) is 2.68. The van der Waals surface area contributed by atoms with E-state index in [1.54, 1.807) is 0 Å². The van der Waals surface area contributed by atoms with E-state index in [0.717, 1.165) is 0 Å². The Hall–Kier alpha value is -1.61. The number of nitrogen functional groups attached to an aromatic ring is 1. The Labute approximate surface area is 97.7 Å². The van der Waals surface area contributed by atoms with Crippen LogP contribution in [0.1, 0.15) is 16.2 Å². The zero-order valence-corrected chi connectivity index (χ0v) is 9.42. The van der Waals surface area contributed by atoms with Gasteiger partial charge in [0.1, 0.15) is 5.76 Å². The number of nitrogens with two attached hydrogens (primary N) is 1. The van der Waals surface area contributed by atoms with Crippen molar-refractivity contribution in [3.8, 4) is 0 Å². The normalized spacial score (nSPS) is 10.5. The van der Waals surface area contributed by atoms with Gasteiger partial charge < -0.3 is 15.4 Å². The van der Waals surface area contributed by atoms with E-state index < -0.39 is 5.97 Å². The second kappa shape index (κ2) is 4.49. The molecule has 9 heteroatoms. The first kappa shape index (κ1) is 10.9. The number of aromatic carboxylic acids is 1. The molecule has 2 heterocycles. The van der Waals surface area contributed by atoms with Crippen molar-refractivity contribution in [1.82, 2.24) is 15.4 Å². The summed E-state index contributed by atoms with van der Waals surface area (Å²) < 4.78 is 5.53. The lowest BCUT2D eigenvalue weighted by Gasteiger charge is -1.89. The standard InChI is InChI=1S/C7H6N4O3S2/c8-6-9-10-7(16-6)15-2-3-1-4(5(12)13)11-14-3/h1H,2H2,(H2,8,9)(H,12,13). The predicted molar refractivity (Wildman–Crippen MR) is 57.3 cm³/mol. The van der Waals surface area contributed by atoms with Gasteiger partial charge >= 0.3 is 5.97 Å². The van der Waals surface area contributed by atoms with Crippen molar-refractivity contribution in [2.45, 2.75) is 10.1 Å². The number of carbonyl (C=O) groups is 1. The summed E-state index contributed by atoms with van der Waals surface area (Å²) >= 11 is 2.62. The third-order valence-corrected chi connectivity index (χ3v) is 3.45. The van der Waals surface area contributed by atoms with Crippen molar-refractivity contribution in [2.24, 2.45) is 0 Å². The van der Waals surface area contributed by atoms with Gasteiger partial charge in [-0.15, -0.1) is 10.2 Å². The largest absolute Gasteiger partial charge is 0.476 e. The van der Waals surface area contributed by atoms with Gasteiger partial charge in [0.2, 0.25) is 5.13 Å². The molecule has 2 rings (SSSR count). The van der Waals surface area contributed by atoms with E-state index >= 15 is 0 Å². The monoisotopic (exact) mass is 258 g/mol. The lowest BCUT2D eigenvalue weighted by atomic mass is 10.4. The van der Waals surface area contributed by atoms with E-state index in [9.17, 15) is 4.79 Å². The van der Waals surface area contributed by atoms with Crippen LogP contribution in [0.2, 0.25) is 0 Å². The van der Waals surface area contributed by atoms with Crippen LogP contribution in [0.15, 0.2) is 14.9 Å². The van der Waals surface area contributed by atoms with Crippen molar-refractivity contribution in [1.29, 1.82) is 0 Å². The van der Waals surface area contributed by atoms with Crippen LogP contribution in [0.4, 0.5) is 5.13 Å². The number of hydrogen-bond acceptors (Lipinski definition) is 8. The van der Waals surface area contributed by atoms with E-state index in [0.29, 0.717) is 21.0 Å². The van der Waals surface area contributed by atoms with Gasteiger partial charge in [0.05, 0.1) is 5.75 Å². The molecule has 2 aromatic heterocycles. The minimum atomic E-state index is -1.11. The molecule has 0 spiro atoms. The molecule has 0 aliphatic rings. The summed E-state index contributed by atoms with van der Waals surface area (Å²) in [6, 6.07) is 1.37. The summed E-state index contributed by atoms with van der Waals surface area (Å²) in [5.74, 6) is -0.203. The molecule has 0 amide bonds. The summed E-state index contributed by atoms with van der Waals surface area (Å²) in [4.78, 5) is 10.5. The van der Waals surface area contributed by atoms with Crippen LogP contribution < -0.4 is 5.73 Å². The van der Waals surface area contributed by atoms with Crippen molar-refractivity contribution < 1.29 is 14.4 Å². The highest BCUT2D eigenvalue weighted by Gasteiger charge is 2.11. The van der Waals surface area contributed by atoms with E-state index in [1.165, 1.54) is 29.2 Å². The molecule has 0 aliphatic heterocycles. The van der Waals surface area contributed by atoms with Gasteiger partial charge in [0.15, 0.2) is 10.0 Å².